The predicted octanol–water partition coefficient (Wildman–Crippen LogP) is 1.27. The van der Waals surface area contributed by atoms with Crippen molar-refractivity contribution in [2.45, 2.75) is 32.9 Å². The molecule has 1 saturated heterocycles. The second-order valence-corrected chi connectivity index (χ2v) is 7.30. The van der Waals surface area contributed by atoms with Gasteiger partial charge in [-0.1, -0.05) is 29.3 Å². The Hall–Kier alpha value is -1.63. The van der Waals surface area contributed by atoms with E-state index in [2.05, 4.69) is 33.5 Å². The number of piperazine rings is 1. The lowest BCUT2D eigenvalue weighted by Crippen LogP contribution is -2.51. The summed E-state index contributed by atoms with van der Waals surface area (Å²) < 4.78 is 0. The Morgan fingerprint density at radius 2 is 1.76 bits per heavy atom. The number of aryl methyl sites for hydroxylation is 2. The zero-order chi connectivity index (χ0) is 18.4. The van der Waals surface area contributed by atoms with Crippen molar-refractivity contribution < 1.29 is 9.90 Å². The summed E-state index contributed by atoms with van der Waals surface area (Å²) in [6.45, 7) is 11.3. The Labute approximate surface area is 151 Å². The molecule has 2 amide bonds. The van der Waals surface area contributed by atoms with E-state index in [1.165, 1.54) is 0 Å². The molecule has 0 aromatic heterocycles. The number of nitrogens with zero attached hydrogens (tertiary/aromatic N) is 2. The fourth-order valence-electron chi connectivity index (χ4n) is 3.25. The first-order valence-electron chi connectivity index (χ1n) is 9.05. The number of likely N-dealkylation sites (N-methyl/N-ethyl adjacent to an activating group) is 1. The van der Waals surface area contributed by atoms with Crippen molar-refractivity contribution >= 4 is 6.03 Å². The Balaban J connectivity index is 1.72. The van der Waals surface area contributed by atoms with Crippen molar-refractivity contribution in [1.82, 2.24) is 20.4 Å². The van der Waals surface area contributed by atoms with Crippen LogP contribution in [0.2, 0.25) is 0 Å². The van der Waals surface area contributed by atoms with Crippen molar-refractivity contribution in [3.05, 3.63) is 34.9 Å². The van der Waals surface area contributed by atoms with E-state index >= 15 is 0 Å². The molecule has 3 N–H and O–H groups in total. The Bertz CT molecular complexity index is 550. The second kappa shape index (κ2) is 9.17. The van der Waals surface area contributed by atoms with E-state index in [-0.39, 0.29) is 18.6 Å². The van der Waals surface area contributed by atoms with Crippen LogP contribution in [0.15, 0.2) is 18.2 Å². The quantitative estimate of drug-likeness (QED) is 0.724. The van der Waals surface area contributed by atoms with E-state index in [9.17, 15) is 9.90 Å². The van der Waals surface area contributed by atoms with Crippen LogP contribution >= 0.6 is 0 Å². The summed E-state index contributed by atoms with van der Waals surface area (Å²) in [5.41, 5.74) is 3.06. The van der Waals surface area contributed by atoms with Crippen molar-refractivity contribution in [3.8, 4) is 0 Å². The topological polar surface area (TPSA) is 67.8 Å². The molecule has 2 rings (SSSR count). The minimum Gasteiger partial charge on any atom is -0.387 e. The molecule has 6 nitrogen and oxygen atoms in total. The van der Waals surface area contributed by atoms with E-state index in [4.69, 9.17) is 0 Å². The Morgan fingerprint density at radius 3 is 2.36 bits per heavy atom. The molecule has 0 bridgehead atoms. The minimum atomic E-state index is -0.697. The molecular formula is C19H32N4O2. The summed E-state index contributed by atoms with van der Waals surface area (Å²) in [6, 6.07) is 5.81. The van der Waals surface area contributed by atoms with Crippen molar-refractivity contribution in [2.24, 2.45) is 0 Å². The molecular weight excluding hydrogens is 316 g/mol. The van der Waals surface area contributed by atoms with Crippen molar-refractivity contribution in [1.29, 1.82) is 0 Å². The number of aliphatic hydroxyl groups excluding tert-OH is 1. The summed E-state index contributed by atoms with van der Waals surface area (Å²) >= 11 is 0. The SMILES string of the molecule is Cc1cc(C)cc([C@H](O)CNC(=O)N[C@H](C)CN2CCN(C)CC2)c1. The Kier molecular flexibility index (Phi) is 7.23. The molecule has 2 atom stereocenters. The van der Waals surface area contributed by atoms with E-state index in [0.717, 1.165) is 49.4 Å². The zero-order valence-electron chi connectivity index (χ0n) is 15.9. The number of urea groups is 1. The van der Waals surface area contributed by atoms with Gasteiger partial charge < -0.3 is 20.6 Å². The van der Waals surface area contributed by atoms with Gasteiger partial charge in [-0.3, -0.25) is 4.90 Å². The van der Waals surface area contributed by atoms with Crippen LogP contribution in [0.1, 0.15) is 29.7 Å². The van der Waals surface area contributed by atoms with E-state index in [0.29, 0.717) is 0 Å². The lowest BCUT2D eigenvalue weighted by atomic mass is 10.0. The summed E-state index contributed by atoms with van der Waals surface area (Å²) in [5.74, 6) is 0. The predicted molar refractivity (Wildman–Crippen MR) is 101 cm³/mol. The molecule has 0 unspecified atom stereocenters. The van der Waals surface area contributed by atoms with Crippen LogP contribution in [-0.4, -0.2) is 73.3 Å². The smallest absolute Gasteiger partial charge is 0.315 e. The first-order chi connectivity index (χ1) is 11.8. The normalized spacial score (nSPS) is 18.6. The van der Waals surface area contributed by atoms with E-state index in [1.807, 2.05) is 32.9 Å². The van der Waals surface area contributed by atoms with Gasteiger partial charge in [0.15, 0.2) is 0 Å². The zero-order valence-corrected chi connectivity index (χ0v) is 15.9. The lowest BCUT2D eigenvalue weighted by Gasteiger charge is -2.34. The molecule has 1 fully saturated rings. The summed E-state index contributed by atoms with van der Waals surface area (Å²) in [4.78, 5) is 16.7. The minimum absolute atomic E-state index is 0.0711. The number of nitrogens with one attached hydrogen (secondary N) is 2. The molecule has 6 heteroatoms. The van der Waals surface area contributed by atoms with Crippen molar-refractivity contribution in [3.63, 3.8) is 0 Å². The number of aliphatic hydroxyl groups is 1. The third-order valence-electron chi connectivity index (χ3n) is 4.59. The average molecular weight is 348 g/mol. The number of carbonyl (C=O) groups is 1. The largest absolute Gasteiger partial charge is 0.387 e. The molecule has 140 valence electrons. The molecule has 0 aliphatic carbocycles. The highest BCUT2D eigenvalue weighted by Gasteiger charge is 2.17. The summed E-state index contributed by atoms with van der Waals surface area (Å²) in [7, 11) is 2.13. The number of hydrogen-bond donors (Lipinski definition) is 3. The van der Waals surface area contributed by atoms with Gasteiger partial charge >= 0.3 is 6.03 Å². The van der Waals surface area contributed by atoms with Gasteiger partial charge in [0.2, 0.25) is 0 Å². The summed E-state index contributed by atoms with van der Waals surface area (Å²) in [5, 5.41) is 16.0. The van der Waals surface area contributed by atoms with Crippen LogP contribution in [0.5, 0.6) is 0 Å². The van der Waals surface area contributed by atoms with Gasteiger partial charge in [0.05, 0.1) is 6.10 Å². The molecule has 1 aliphatic heterocycles. The number of benzene rings is 1. The van der Waals surface area contributed by atoms with Crippen LogP contribution in [0, 0.1) is 13.8 Å². The van der Waals surface area contributed by atoms with Gasteiger partial charge in [0.25, 0.3) is 0 Å². The molecule has 25 heavy (non-hydrogen) atoms. The highest BCUT2D eigenvalue weighted by atomic mass is 16.3. The summed E-state index contributed by atoms with van der Waals surface area (Å²) in [6.07, 6.45) is -0.697. The van der Waals surface area contributed by atoms with Crippen molar-refractivity contribution in [2.75, 3.05) is 46.3 Å². The fourth-order valence-corrected chi connectivity index (χ4v) is 3.25. The van der Waals surface area contributed by atoms with Crippen LogP contribution in [-0.2, 0) is 0 Å². The molecule has 1 aliphatic rings. The van der Waals surface area contributed by atoms with Gasteiger partial charge in [-0.15, -0.1) is 0 Å². The average Bonchev–Trinajstić information content (AvgIpc) is 2.53. The van der Waals surface area contributed by atoms with Gasteiger partial charge in [-0.05, 0) is 33.4 Å². The monoisotopic (exact) mass is 348 g/mol. The molecule has 0 spiro atoms. The van der Waals surface area contributed by atoms with Gasteiger partial charge in [-0.25, -0.2) is 4.79 Å². The van der Waals surface area contributed by atoms with Gasteiger partial charge in [-0.2, -0.15) is 0 Å². The number of hydrogen-bond acceptors (Lipinski definition) is 4. The highest BCUT2D eigenvalue weighted by Crippen LogP contribution is 2.16. The Morgan fingerprint density at radius 1 is 1.16 bits per heavy atom. The maximum Gasteiger partial charge on any atom is 0.315 e. The maximum absolute atomic E-state index is 12.1. The highest BCUT2D eigenvalue weighted by molar-refractivity contribution is 5.74. The first-order valence-corrected chi connectivity index (χ1v) is 9.05. The fraction of sp³-hybridized carbons (Fsp3) is 0.632. The van der Waals surface area contributed by atoms with Crippen LogP contribution in [0.4, 0.5) is 4.79 Å². The maximum atomic E-state index is 12.1. The molecule has 0 saturated carbocycles. The van der Waals surface area contributed by atoms with Crippen LogP contribution < -0.4 is 10.6 Å². The number of rotatable bonds is 6. The van der Waals surface area contributed by atoms with Crippen LogP contribution in [0.25, 0.3) is 0 Å². The number of carbonyl (C=O) groups excluding carboxylic acids is 1. The molecule has 0 radical (unpaired) electrons. The standard InChI is InChI=1S/C19H32N4O2/c1-14-9-15(2)11-17(10-14)18(24)12-20-19(25)21-16(3)13-23-7-5-22(4)6-8-23/h9-11,16,18,24H,5-8,12-13H2,1-4H3,(H2,20,21,25)/t16-,18-/m1/s1. The third kappa shape index (κ3) is 6.65. The molecule has 1 aromatic carbocycles. The van der Waals surface area contributed by atoms with E-state index in [1.54, 1.807) is 0 Å². The first kappa shape index (κ1) is 19.7. The lowest BCUT2D eigenvalue weighted by molar-refractivity contribution is 0.143. The number of amides is 2. The van der Waals surface area contributed by atoms with E-state index < -0.39 is 6.10 Å². The molecule has 1 aromatic rings. The second-order valence-electron chi connectivity index (χ2n) is 7.30. The third-order valence-corrected chi connectivity index (χ3v) is 4.59. The van der Waals surface area contributed by atoms with Gasteiger partial charge in [0.1, 0.15) is 0 Å². The van der Waals surface area contributed by atoms with Gasteiger partial charge in [0, 0.05) is 45.3 Å². The molecule has 1 heterocycles. The van der Waals surface area contributed by atoms with Crippen LogP contribution in [0.3, 0.4) is 0 Å².